The van der Waals surface area contributed by atoms with Crippen molar-refractivity contribution in [2.24, 2.45) is 0 Å². The number of rotatable bonds is 7. The zero-order valence-corrected chi connectivity index (χ0v) is 14.2. The van der Waals surface area contributed by atoms with Crippen LogP contribution < -0.4 is 5.32 Å². The minimum atomic E-state index is -0.0756. The van der Waals surface area contributed by atoms with Gasteiger partial charge in [0.1, 0.15) is 0 Å². The molecule has 0 saturated heterocycles. The van der Waals surface area contributed by atoms with E-state index in [0.29, 0.717) is 18.7 Å². The first-order valence-corrected chi connectivity index (χ1v) is 8.21. The molecule has 1 heterocycles. The van der Waals surface area contributed by atoms with Gasteiger partial charge in [0.2, 0.25) is 0 Å². The van der Waals surface area contributed by atoms with Crippen LogP contribution in [0.4, 0.5) is 0 Å². The van der Waals surface area contributed by atoms with Crippen LogP contribution in [0.15, 0.2) is 67.0 Å². The fraction of sp³-hybridized carbons (Fsp3) is 0.200. The summed E-state index contributed by atoms with van der Waals surface area (Å²) in [6, 6.07) is 17.4. The molecule has 5 nitrogen and oxygen atoms in total. The van der Waals surface area contributed by atoms with E-state index in [4.69, 9.17) is 4.74 Å². The van der Waals surface area contributed by atoms with E-state index in [0.717, 1.165) is 23.2 Å². The molecule has 0 radical (unpaired) electrons. The monoisotopic (exact) mass is 335 g/mol. The van der Waals surface area contributed by atoms with Crippen molar-refractivity contribution < 1.29 is 9.53 Å². The van der Waals surface area contributed by atoms with Gasteiger partial charge in [-0.15, -0.1) is 0 Å². The third-order valence-electron chi connectivity index (χ3n) is 3.86. The maximum atomic E-state index is 12.2. The largest absolute Gasteiger partial charge is 0.380 e. The Hall–Kier alpha value is -2.92. The van der Waals surface area contributed by atoms with E-state index in [1.807, 2.05) is 71.7 Å². The summed E-state index contributed by atoms with van der Waals surface area (Å²) in [7, 11) is 1.64. The minimum Gasteiger partial charge on any atom is -0.380 e. The zero-order valence-electron chi connectivity index (χ0n) is 14.2. The van der Waals surface area contributed by atoms with Crippen LogP contribution in [0.2, 0.25) is 0 Å². The number of methoxy groups -OCH3 is 1. The molecule has 1 N–H and O–H groups in total. The summed E-state index contributed by atoms with van der Waals surface area (Å²) in [4.78, 5) is 12.2. The maximum absolute atomic E-state index is 12.2. The Balaban J connectivity index is 1.54. The molecule has 1 aromatic heterocycles. The van der Waals surface area contributed by atoms with E-state index in [9.17, 15) is 4.79 Å². The van der Waals surface area contributed by atoms with E-state index in [-0.39, 0.29) is 5.91 Å². The molecule has 128 valence electrons. The van der Waals surface area contributed by atoms with Crippen molar-refractivity contribution in [2.75, 3.05) is 13.7 Å². The van der Waals surface area contributed by atoms with E-state index >= 15 is 0 Å². The van der Waals surface area contributed by atoms with E-state index in [1.54, 1.807) is 7.11 Å². The Morgan fingerprint density at radius 3 is 2.76 bits per heavy atom. The standard InChI is InChI=1S/C20H21N3O2/c1-25-15-16-6-5-7-18(12-16)20(24)21-11-10-17-13-22-23(14-17)19-8-3-2-4-9-19/h2-9,12-14H,10-11,15H2,1H3,(H,21,24). The van der Waals surface area contributed by atoms with Gasteiger partial charge >= 0.3 is 0 Å². The van der Waals surface area contributed by atoms with E-state index < -0.39 is 0 Å². The highest BCUT2D eigenvalue weighted by Crippen LogP contribution is 2.09. The first kappa shape index (κ1) is 16.9. The van der Waals surface area contributed by atoms with Crippen LogP contribution in [0.1, 0.15) is 21.5 Å². The lowest BCUT2D eigenvalue weighted by Crippen LogP contribution is -2.25. The first-order valence-electron chi connectivity index (χ1n) is 8.21. The second-order valence-electron chi connectivity index (χ2n) is 5.77. The number of carbonyl (C=O) groups is 1. The number of nitrogens with one attached hydrogen (secondary N) is 1. The second-order valence-corrected chi connectivity index (χ2v) is 5.77. The van der Waals surface area contributed by atoms with Gasteiger partial charge in [0.25, 0.3) is 5.91 Å². The van der Waals surface area contributed by atoms with Gasteiger partial charge in [-0.05, 0) is 41.8 Å². The van der Waals surface area contributed by atoms with Crippen LogP contribution >= 0.6 is 0 Å². The predicted molar refractivity (Wildman–Crippen MR) is 96.8 cm³/mol. The van der Waals surface area contributed by atoms with Crippen molar-refractivity contribution in [3.05, 3.63) is 83.7 Å². The molecule has 3 rings (SSSR count). The summed E-state index contributed by atoms with van der Waals surface area (Å²) >= 11 is 0. The molecule has 0 atom stereocenters. The third-order valence-corrected chi connectivity index (χ3v) is 3.86. The normalized spacial score (nSPS) is 10.6. The summed E-state index contributed by atoms with van der Waals surface area (Å²) in [5.74, 6) is -0.0756. The summed E-state index contributed by atoms with van der Waals surface area (Å²) in [6.45, 7) is 1.06. The Morgan fingerprint density at radius 2 is 1.96 bits per heavy atom. The molecule has 0 bridgehead atoms. The Labute approximate surface area is 147 Å². The lowest BCUT2D eigenvalue weighted by molar-refractivity contribution is 0.0954. The van der Waals surface area contributed by atoms with Crippen molar-refractivity contribution in [2.45, 2.75) is 13.0 Å². The van der Waals surface area contributed by atoms with Gasteiger partial charge in [-0.3, -0.25) is 4.79 Å². The number of ether oxygens (including phenoxy) is 1. The Morgan fingerprint density at radius 1 is 1.12 bits per heavy atom. The topological polar surface area (TPSA) is 56.1 Å². The van der Waals surface area contributed by atoms with Crippen molar-refractivity contribution in [3.8, 4) is 5.69 Å². The highest BCUT2D eigenvalue weighted by Gasteiger charge is 2.07. The fourth-order valence-corrected chi connectivity index (χ4v) is 2.60. The SMILES string of the molecule is COCc1cccc(C(=O)NCCc2cnn(-c3ccccc3)c2)c1. The van der Waals surface area contributed by atoms with Crippen LogP contribution in [-0.4, -0.2) is 29.3 Å². The Kier molecular flexibility index (Phi) is 5.59. The molecule has 0 saturated carbocycles. The molecule has 5 heteroatoms. The number of para-hydroxylation sites is 1. The molecule has 25 heavy (non-hydrogen) atoms. The van der Waals surface area contributed by atoms with Gasteiger partial charge < -0.3 is 10.1 Å². The zero-order chi connectivity index (χ0) is 17.5. The van der Waals surface area contributed by atoms with Crippen LogP contribution in [0.5, 0.6) is 0 Å². The third kappa shape index (κ3) is 4.55. The lowest BCUT2D eigenvalue weighted by Gasteiger charge is -2.06. The van der Waals surface area contributed by atoms with Gasteiger partial charge in [0, 0.05) is 25.4 Å². The number of aromatic nitrogens is 2. The highest BCUT2D eigenvalue weighted by molar-refractivity contribution is 5.94. The number of carbonyl (C=O) groups excluding carboxylic acids is 1. The lowest BCUT2D eigenvalue weighted by atomic mass is 10.1. The van der Waals surface area contributed by atoms with Crippen molar-refractivity contribution in [1.82, 2.24) is 15.1 Å². The van der Waals surface area contributed by atoms with Crippen molar-refractivity contribution in [3.63, 3.8) is 0 Å². The Bertz CT molecular complexity index is 828. The fourth-order valence-electron chi connectivity index (χ4n) is 2.60. The summed E-state index contributed by atoms with van der Waals surface area (Å²) < 4.78 is 6.94. The van der Waals surface area contributed by atoms with Gasteiger partial charge in [-0.2, -0.15) is 5.10 Å². The molecule has 0 aliphatic heterocycles. The molecule has 3 aromatic rings. The number of benzene rings is 2. The molecule has 0 aliphatic carbocycles. The molecular weight excluding hydrogens is 314 g/mol. The van der Waals surface area contributed by atoms with Crippen molar-refractivity contribution >= 4 is 5.91 Å². The van der Waals surface area contributed by atoms with Gasteiger partial charge in [0.05, 0.1) is 18.5 Å². The predicted octanol–water partition coefficient (Wildman–Crippen LogP) is 2.99. The van der Waals surface area contributed by atoms with E-state index in [1.165, 1.54) is 0 Å². The molecule has 1 amide bonds. The summed E-state index contributed by atoms with van der Waals surface area (Å²) in [5, 5.41) is 7.31. The van der Waals surface area contributed by atoms with Gasteiger partial charge in [-0.25, -0.2) is 4.68 Å². The van der Waals surface area contributed by atoms with Gasteiger partial charge in [-0.1, -0.05) is 30.3 Å². The average Bonchev–Trinajstić information content (AvgIpc) is 3.12. The summed E-state index contributed by atoms with van der Waals surface area (Å²) in [5.41, 5.74) is 3.74. The van der Waals surface area contributed by atoms with Crippen molar-refractivity contribution in [1.29, 1.82) is 0 Å². The average molecular weight is 335 g/mol. The first-order chi connectivity index (χ1) is 12.3. The number of hydrogen-bond acceptors (Lipinski definition) is 3. The highest BCUT2D eigenvalue weighted by atomic mass is 16.5. The molecule has 2 aromatic carbocycles. The van der Waals surface area contributed by atoms with E-state index in [2.05, 4.69) is 10.4 Å². The second kappa shape index (κ2) is 8.26. The smallest absolute Gasteiger partial charge is 0.251 e. The van der Waals surface area contributed by atoms with Crippen LogP contribution in [0.3, 0.4) is 0 Å². The van der Waals surface area contributed by atoms with Crippen LogP contribution in [0.25, 0.3) is 5.69 Å². The molecule has 0 spiro atoms. The summed E-state index contributed by atoms with van der Waals surface area (Å²) in [6.07, 6.45) is 4.55. The molecule has 0 unspecified atom stereocenters. The minimum absolute atomic E-state index is 0.0756. The molecular formula is C20H21N3O2. The molecule has 0 aliphatic rings. The van der Waals surface area contributed by atoms with Gasteiger partial charge in [0.15, 0.2) is 0 Å². The number of nitrogens with zero attached hydrogens (tertiary/aromatic N) is 2. The van der Waals surface area contributed by atoms with Crippen LogP contribution in [0, 0.1) is 0 Å². The number of hydrogen-bond donors (Lipinski definition) is 1. The van der Waals surface area contributed by atoms with Crippen LogP contribution in [-0.2, 0) is 17.8 Å². The molecule has 0 fully saturated rings. The maximum Gasteiger partial charge on any atom is 0.251 e. The number of amides is 1. The quantitative estimate of drug-likeness (QED) is 0.722.